The molecule has 0 saturated carbocycles. The van der Waals surface area contributed by atoms with Crippen LogP contribution in [0.15, 0.2) is 268 Å². The van der Waals surface area contributed by atoms with Crippen molar-refractivity contribution >= 4 is 106 Å². The van der Waals surface area contributed by atoms with Crippen molar-refractivity contribution < 1.29 is 80.4 Å². The van der Waals surface area contributed by atoms with E-state index in [1.54, 1.807) is 0 Å². The Morgan fingerprint density at radius 2 is 0.477 bits per heavy atom. The van der Waals surface area contributed by atoms with Crippen molar-refractivity contribution in [2.75, 3.05) is 0 Å². The molecule has 0 amide bonds. The number of aromatic nitrogens is 8. The van der Waals surface area contributed by atoms with Crippen LogP contribution < -0.4 is 41.5 Å². The van der Waals surface area contributed by atoms with Gasteiger partial charge in [-0.1, -0.05) is 342 Å². The maximum absolute atomic E-state index is 4.74. The number of pyridine rings is 8. The number of hydrogen-bond acceptors (Lipinski definition) is 8. The molecule has 20 heteroatoms. The molecule has 0 aliphatic carbocycles. The van der Waals surface area contributed by atoms with Crippen LogP contribution in [0.3, 0.4) is 0 Å². The maximum Gasteiger partial charge on any atom is 0.0799 e. The first-order valence-corrected chi connectivity index (χ1v) is 79.6. The van der Waals surface area contributed by atoms with Crippen molar-refractivity contribution in [2.24, 2.45) is 0 Å². The predicted octanol–water partition coefficient (Wildman–Crippen LogP) is 30.2. The summed E-state index contributed by atoms with van der Waals surface area (Å²) < 4.78 is 0. The third-order valence-corrected chi connectivity index (χ3v) is 41.4. The summed E-state index contributed by atoms with van der Waals surface area (Å²) in [5, 5.41) is 11.5. The molecule has 0 bridgehead atoms. The normalized spacial score (nSPS) is 11.3. The molecule has 16 aromatic rings. The predicted molar refractivity (Wildman–Crippen MR) is 652 cm³/mol. The number of nitrogens with zero attached hydrogens (tertiary/aromatic N) is 8. The van der Waals surface area contributed by atoms with Crippen molar-refractivity contribution in [1.82, 2.24) is 39.9 Å². The second-order valence-electron chi connectivity index (χ2n) is 47.1. The first kappa shape index (κ1) is 131. The Balaban J connectivity index is 0.000000299. The van der Waals surface area contributed by atoms with Gasteiger partial charge in [0.15, 0.2) is 0 Å². The molecule has 0 aliphatic heterocycles. The minimum atomic E-state index is -1.36. The number of hydrogen-bond donors (Lipinski definition) is 0. The third-order valence-electron chi connectivity index (χ3n) is 24.9. The van der Waals surface area contributed by atoms with Gasteiger partial charge in [-0.3, -0.25) is 0 Å². The largest absolute Gasteiger partial charge is 0.305 e. The average molecular weight is 2820 g/mol. The van der Waals surface area contributed by atoms with Crippen LogP contribution in [0.25, 0.3) is 90.1 Å². The van der Waals surface area contributed by atoms with Gasteiger partial charge in [-0.2, -0.15) is 0 Å². The summed E-state index contributed by atoms with van der Waals surface area (Å²) in [5.74, 6) is 0.527. The minimum absolute atomic E-state index is 0. The summed E-state index contributed by atoms with van der Waals surface area (Å²) in [5.41, 5.74) is 32.4. The Labute approximate surface area is 962 Å². The van der Waals surface area contributed by atoms with E-state index < -0.39 is 64.6 Å². The molecule has 0 fully saturated rings. The van der Waals surface area contributed by atoms with Crippen LogP contribution >= 0.6 is 0 Å². The van der Waals surface area contributed by atoms with Crippen LogP contribution in [0.4, 0.5) is 0 Å². The van der Waals surface area contributed by atoms with E-state index in [1.807, 2.05) is 122 Å². The zero-order chi connectivity index (χ0) is 107. The van der Waals surface area contributed by atoms with E-state index in [9.17, 15) is 0 Å². The maximum atomic E-state index is 4.74. The van der Waals surface area contributed by atoms with Crippen LogP contribution in [0, 0.1) is 111 Å². The fourth-order valence-electron chi connectivity index (χ4n) is 17.0. The smallest absolute Gasteiger partial charge is 0.0799 e. The van der Waals surface area contributed by atoms with Crippen molar-refractivity contribution in [1.29, 1.82) is 0 Å². The second kappa shape index (κ2) is 58.6. The molecule has 0 aliphatic rings. The van der Waals surface area contributed by atoms with Crippen molar-refractivity contribution in [2.45, 2.75) is 272 Å². The number of rotatable bonds is 20. The third kappa shape index (κ3) is 41.2. The molecule has 8 nitrogen and oxygen atoms in total. The van der Waals surface area contributed by atoms with E-state index in [0.717, 1.165) is 103 Å². The van der Waals surface area contributed by atoms with E-state index in [1.165, 1.54) is 115 Å². The molecule has 4 radical (unpaired) electrons. The van der Waals surface area contributed by atoms with E-state index >= 15 is 0 Å². The zero-order valence-corrected chi connectivity index (χ0v) is 114. The molecular weight excluding hydrogens is 2660 g/mol. The second-order valence-corrected chi connectivity index (χ2v) is 87.6. The van der Waals surface area contributed by atoms with Crippen LogP contribution in [0.2, 0.25) is 157 Å². The topological polar surface area (TPSA) is 103 Å². The molecule has 16 rings (SSSR count). The summed E-state index contributed by atoms with van der Waals surface area (Å²) in [6, 6.07) is 102. The monoisotopic (exact) mass is 2820 g/mol. The number of benzene rings is 8. The van der Waals surface area contributed by atoms with Gasteiger partial charge in [-0.05, 0) is 113 Å². The average Bonchev–Trinajstić information content (AvgIpc) is 0.798. The molecule has 0 N–H and O–H groups in total. The van der Waals surface area contributed by atoms with Crippen LogP contribution in [0.5, 0.6) is 0 Å². The van der Waals surface area contributed by atoms with Gasteiger partial charge >= 0.3 is 0 Å². The van der Waals surface area contributed by atoms with Crippen LogP contribution in [-0.4, -0.2) is 104 Å². The van der Waals surface area contributed by atoms with Gasteiger partial charge < -0.3 is 39.9 Å². The summed E-state index contributed by atoms with van der Waals surface area (Å²) in [4.78, 5) is 36.9. The molecule has 794 valence electrons. The van der Waals surface area contributed by atoms with Crippen molar-refractivity contribution in [3.8, 4) is 90.1 Å². The van der Waals surface area contributed by atoms with Gasteiger partial charge in [0, 0.05) is 130 Å². The van der Waals surface area contributed by atoms with E-state index in [2.05, 4.69) is 467 Å². The summed E-state index contributed by atoms with van der Waals surface area (Å²) in [6.07, 6.45) is 19.9. The standard InChI is InChI=1S/2C19H26NSi.C18H24NSi.C17H22NSi.4C14H16NSi.4Ir/c1-13(2)17-11-18(20-12-19(17)21(5,6)7)16-9-14(3)8-15(4)10-16;1-7-8-16-12-18(20-13-19(16)21(4,5)6)17-10-14(2)9-15(3)11-17;1-7-15-11-17(19-12-18(15)20(4,5)6)16-9-13(2)8-14(3)10-16;1-12-7-13(2)9-15(8-12)16-10-14(3)17(11-18-16)19(4,5)6;4*1-16(2,3)13-9-10-14(15-11-13)12-7-5-4-6-8-12;;;;/h8-9,11-13H,1-7H3;9-10,12-13H,7-8H2,1-6H3;8-9,11-12H,7H2,1-6H3;7-8,10-11H,1-6H3;4*4-7,9-11H,1-3H3;;;;/q8*-1;;;;. The van der Waals surface area contributed by atoms with E-state index in [4.69, 9.17) is 15.0 Å². The Hall–Kier alpha value is -8.71. The SMILES string of the molecule is CCCc1cc(-c2[c-]c(C)cc(C)c2)ncc1[Si](C)(C)C.CCc1cc(-c2[c-]c(C)cc(C)c2)ncc1[Si](C)(C)C.C[Si](C)(C)c1ccc(-c2[c-]cccc2)nc1.C[Si](C)(C)c1ccc(-c2[c-]cccc2)nc1.C[Si](C)(C)c1ccc(-c2[c-]cccc2)nc1.C[Si](C)(C)c1ccc(-c2[c-]cccc2)nc1.Cc1[c-]c(-c2cc(C(C)C)c([Si](C)(C)C)cn2)cc(C)c1.Cc1[c-]c(-c2cc(C)c([Si](C)(C)C)cn2)cc(C)c1.[Ir].[Ir].[Ir].[Ir]. The van der Waals surface area contributed by atoms with Crippen molar-refractivity contribution in [3.05, 3.63) is 383 Å². The molecule has 8 aromatic carbocycles. The van der Waals surface area contributed by atoms with Gasteiger partial charge in [0.2, 0.25) is 0 Å². The number of aryl methyl sites for hydroxylation is 11. The Morgan fingerprint density at radius 1 is 0.235 bits per heavy atom. The van der Waals surface area contributed by atoms with E-state index in [-0.39, 0.29) is 80.4 Å². The van der Waals surface area contributed by atoms with Crippen LogP contribution in [-0.2, 0) is 93.3 Å². The van der Waals surface area contributed by atoms with Gasteiger partial charge in [0.1, 0.15) is 0 Å². The molecule has 149 heavy (non-hydrogen) atoms. The molecule has 8 heterocycles. The Bertz CT molecular complexity index is 6390. The molecule has 8 aromatic heterocycles. The first-order valence-electron chi connectivity index (χ1n) is 51.6. The van der Waals surface area contributed by atoms with Gasteiger partial charge in [0.05, 0.1) is 64.6 Å². The Kier molecular flexibility index (Phi) is 51.4. The molecule has 0 atom stereocenters. The minimum Gasteiger partial charge on any atom is -0.305 e. The summed E-state index contributed by atoms with van der Waals surface area (Å²) >= 11 is 0. The molecular formula is C129H162Ir4N8Si8-8. The summed E-state index contributed by atoms with van der Waals surface area (Å²) in [7, 11) is -10.2. The van der Waals surface area contributed by atoms with Gasteiger partial charge in [-0.25, -0.2) is 0 Å². The van der Waals surface area contributed by atoms with Crippen LogP contribution in [0.1, 0.15) is 107 Å². The fraction of sp³-hybridized carbons (Fsp3) is 0.318. The first-order chi connectivity index (χ1) is 67.9. The quantitative estimate of drug-likeness (QED) is 0.0549. The zero-order valence-electron chi connectivity index (χ0n) is 96.0. The molecule has 0 spiro atoms. The summed E-state index contributed by atoms with van der Waals surface area (Å²) in [6.45, 7) is 84.6. The van der Waals surface area contributed by atoms with Crippen molar-refractivity contribution in [3.63, 3.8) is 0 Å². The Morgan fingerprint density at radius 3 is 0.691 bits per heavy atom. The molecule has 0 saturated heterocycles. The molecule has 0 unspecified atom stereocenters. The van der Waals surface area contributed by atoms with Gasteiger partial charge in [0.25, 0.3) is 0 Å². The van der Waals surface area contributed by atoms with E-state index in [0.29, 0.717) is 5.92 Å². The fourth-order valence-corrected chi connectivity index (χ4v) is 27.8. The van der Waals surface area contributed by atoms with Gasteiger partial charge in [-0.15, -0.1) is 283 Å².